The van der Waals surface area contributed by atoms with Crippen molar-refractivity contribution in [2.45, 2.75) is 32.8 Å². The van der Waals surface area contributed by atoms with E-state index in [9.17, 15) is 5.26 Å². The van der Waals surface area contributed by atoms with Gasteiger partial charge in [-0.05, 0) is 18.1 Å². The van der Waals surface area contributed by atoms with Crippen LogP contribution in [0.15, 0.2) is 0 Å². The van der Waals surface area contributed by atoms with Crippen molar-refractivity contribution in [3.63, 3.8) is 0 Å². The zero-order valence-electron chi connectivity index (χ0n) is 5.39. The molecule has 48 valence electrons. The van der Waals surface area contributed by atoms with Crippen LogP contribution >= 0.6 is 0 Å². The minimum atomic E-state index is -0.181. The first-order valence-electron chi connectivity index (χ1n) is 2.97. The summed E-state index contributed by atoms with van der Waals surface area (Å²) in [5.74, 6) is 0. The van der Waals surface area contributed by atoms with Gasteiger partial charge in [0.1, 0.15) is 0 Å². The maximum atomic E-state index is 9.72. The lowest BCUT2D eigenvalue weighted by molar-refractivity contribution is -0.328. The van der Waals surface area contributed by atoms with E-state index < -0.39 is 0 Å². The molecule has 1 unspecified atom stereocenters. The van der Waals surface area contributed by atoms with Crippen LogP contribution in [0.3, 0.4) is 0 Å². The third-order valence-corrected chi connectivity index (χ3v) is 1.02. The molecule has 0 aliphatic heterocycles. The summed E-state index contributed by atoms with van der Waals surface area (Å²) in [4.78, 5) is 3.83. The molecule has 0 bridgehead atoms. The maximum absolute atomic E-state index is 9.72. The van der Waals surface area contributed by atoms with E-state index in [4.69, 9.17) is 0 Å². The van der Waals surface area contributed by atoms with Gasteiger partial charge in [0, 0.05) is 0 Å². The predicted octanol–water partition coefficient (Wildman–Crippen LogP) is 1.74. The zero-order valence-corrected chi connectivity index (χ0v) is 5.39. The molecule has 0 aromatic heterocycles. The van der Waals surface area contributed by atoms with E-state index in [1.165, 1.54) is 0 Å². The van der Waals surface area contributed by atoms with Crippen LogP contribution in [-0.2, 0) is 10.1 Å². The smallest absolute Gasteiger partial charge is 0.0991 e. The largest absolute Gasteiger partial charge is 0.200 e. The van der Waals surface area contributed by atoms with Crippen LogP contribution in [-0.4, -0.2) is 6.10 Å². The van der Waals surface area contributed by atoms with Crippen LogP contribution in [0.1, 0.15) is 26.7 Å². The highest BCUT2D eigenvalue weighted by Gasteiger charge is 2.03. The fraction of sp³-hybridized carbons (Fsp3) is 0.833. The fourth-order valence-electron chi connectivity index (χ4n) is 0.537. The number of rotatable bonds is 4. The zero-order chi connectivity index (χ0) is 6.41. The third kappa shape index (κ3) is 2.99. The van der Waals surface area contributed by atoms with Gasteiger partial charge in [-0.25, -0.2) is 4.89 Å². The molecule has 0 spiro atoms. The topological polar surface area (TPSA) is 29.1 Å². The van der Waals surface area contributed by atoms with E-state index in [1.807, 2.05) is 20.3 Å². The molecule has 8 heavy (non-hydrogen) atoms. The highest BCUT2D eigenvalue weighted by Crippen LogP contribution is 2.02. The Balaban J connectivity index is 3.07. The first-order chi connectivity index (χ1) is 3.85. The number of hydrogen-bond donors (Lipinski definition) is 0. The lowest BCUT2D eigenvalue weighted by Gasteiger charge is -2.04. The third-order valence-electron chi connectivity index (χ3n) is 1.02. The highest BCUT2D eigenvalue weighted by atomic mass is 17.1. The Morgan fingerprint density at radius 1 is 1.62 bits per heavy atom. The molecule has 0 saturated carbocycles. The molecule has 0 aromatic carbocycles. The van der Waals surface area contributed by atoms with Gasteiger partial charge in [0.2, 0.25) is 0 Å². The van der Waals surface area contributed by atoms with Gasteiger partial charge in [-0.15, -0.1) is 0 Å². The second-order valence-corrected chi connectivity index (χ2v) is 1.69. The Morgan fingerprint density at radius 3 is 2.38 bits per heavy atom. The number of hydrogen-bond acceptors (Lipinski definition) is 1. The van der Waals surface area contributed by atoms with Gasteiger partial charge in [0.15, 0.2) is 0 Å². The van der Waals surface area contributed by atoms with Crippen molar-refractivity contribution in [1.29, 1.82) is 0 Å². The monoisotopic (exact) mass is 116 g/mol. The molecule has 0 N–H and O–H groups in total. The van der Waals surface area contributed by atoms with Crippen molar-refractivity contribution >= 4 is 0 Å². The summed E-state index contributed by atoms with van der Waals surface area (Å²) < 4.78 is 0. The molecule has 0 aliphatic rings. The summed E-state index contributed by atoms with van der Waals surface area (Å²) in [7, 11) is 0. The van der Waals surface area contributed by atoms with Crippen LogP contribution < -0.4 is 0 Å². The molecule has 0 fully saturated rings. The Bertz CT molecular complexity index is 41.8. The van der Waals surface area contributed by atoms with Gasteiger partial charge in [0.25, 0.3) is 0 Å². The quantitative estimate of drug-likeness (QED) is 0.406. The molecule has 0 rings (SSSR count). The fourth-order valence-corrected chi connectivity index (χ4v) is 0.537. The molecular formula is C6H12O2. The lowest BCUT2D eigenvalue weighted by atomic mass is 10.2. The molecule has 0 amide bonds. The van der Waals surface area contributed by atoms with Gasteiger partial charge >= 0.3 is 0 Å². The molecule has 1 atom stereocenters. The Morgan fingerprint density at radius 2 is 2.25 bits per heavy atom. The minimum absolute atomic E-state index is 0.181. The second kappa shape index (κ2) is 5.06. The summed E-state index contributed by atoms with van der Waals surface area (Å²) >= 11 is 0. The average molecular weight is 116 g/mol. The van der Waals surface area contributed by atoms with Crippen molar-refractivity contribution < 1.29 is 10.1 Å². The van der Waals surface area contributed by atoms with Gasteiger partial charge in [-0.1, -0.05) is 20.3 Å². The van der Waals surface area contributed by atoms with Crippen LogP contribution in [0.2, 0.25) is 0 Å². The van der Waals surface area contributed by atoms with E-state index in [-0.39, 0.29) is 6.10 Å². The molecule has 0 heterocycles. The van der Waals surface area contributed by atoms with Crippen molar-refractivity contribution in [3.8, 4) is 0 Å². The van der Waals surface area contributed by atoms with E-state index in [0.29, 0.717) is 0 Å². The van der Waals surface area contributed by atoms with E-state index in [0.717, 1.165) is 12.8 Å². The van der Waals surface area contributed by atoms with Crippen LogP contribution in [0.5, 0.6) is 0 Å². The molecule has 0 aliphatic carbocycles. The lowest BCUT2D eigenvalue weighted by Crippen LogP contribution is -2.07. The van der Waals surface area contributed by atoms with Gasteiger partial charge in [0.05, 0.1) is 6.10 Å². The first-order valence-corrected chi connectivity index (χ1v) is 2.97. The normalized spacial score (nSPS) is 13.9. The standard InChI is InChI=1S/C6H12O2/c1-3-5-6(4-2)8-7/h5-6H,3-4H2,1-2H3. The minimum Gasteiger partial charge on any atom is -0.200 e. The van der Waals surface area contributed by atoms with Crippen molar-refractivity contribution in [2.24, 2.45) is 0 Å². The molecule has 2 nitrogen and oxygen atoms in total. The summed E-state index contributed by atoms with van der Waals surface area (Å²) in [6.45, 7) is 3.91. The Kier molecular flexibility index (Phi) is 5.01. The van der Waals surface area contributed by atoms with Gasteiger partial charge in [-0.3, -0.25) is 0 Å². The molecule has 0 aromatic rings. The second-order valence-electron chi connectivity index (χ2n) is 1.69. The van der Waals surface area contributed by atoms with Crippen molar-refractivity contribution in [2.75, 3.05) is 0 Å². The van der Waals surface area contributed by atoms with Crippen LogP contribution in [0.25, 0.3) is 0 Å². The highest BCUT2D eigenvalue weighted by molar-refractivity contribution is 4.71. The SMILES string of the molecule is CC[CH]C(CC)O[O]. The predicted molar refractivity (Wildman–Crippen MR) is 30.4 cm³/mol. The Labute approximate surface area is 50.4 Å². The molecule has 0 saturated heterocycles. The first kappa shape index (κ1) is 7.92. The Hall–Kier alpha value is -0.0800. The van der Waals surface area contributed by atoms with Gasteiger partial charge < -0.3 is 0 Å². The average Bonchev–Trinajstić information content (AvgIpc) is 1.83. The molecule has 2 heteroatoms. The van der Waals surface area contributed by atoms with E-state index in [1.54, 1.807) is 0 Å². The van der Waals surface area contributed by atoms with Gasteiger partial charge in [-0.2, -0.15) is 0 Å². The van der Waals surface area contributed by atoms with Crippen molar-refractivity contribution in [1.82, 2.24) is 0 Å². The summed E-state index contributed by atoms with van der Waals surface area (Å²) in [5, 5.41) is 9.72. The van der Waals surface area contributed by atoms with Crippen molar-refractivity contribution in [3.05, 3.63) is 6.42 Å². The molecular weight excluding hydrogens is 104 g/mol. The molecule has 2 radical (unpaired) electrons. The maximum Gasteiger partial charge on any atom is 0.0991 e. The van der Waals surface area contributed by atoms with Crippen LogP contribution in [0, 0.1) is 6.42 Å². The van der Waals surface area contributed by atoms with E-state index in [2.05, 4.69) is 4.89 Å². The summed E-state index contributed by atoms with van der Waals surface area (Å²) in [5.41, 5.74) is 0. The van der Waals surface area contributed by atoms with Crippen LogP contribution in [0.4, 0.5) is 0 Å². The summed E-state index contributed by atoms with van der Waals surface area (Å²) in [6.07, 6.45) is 3.37. The van der Waals surface area contributed by atoms with E-state index >= 15 is 0 Å². The summed E-state index contributed by atoms with van der Waals surface area (Å²) in [6, 6.07) is 0.